The van der Waals surface area contributed by atoms with Gasteiger partial charge in [-0.2, -0.15) is 0 Å². The van der Waals surface area contributed by atoms with Crippen molar-refractivity contribution >= 4 is 11.8 Å². The smallest absolute Gasteiger partial charge is 0.262 e. The highest BCUT2D eigenvalue weighted by Gasteiger charge is 2.44. The highest BCUT2D eigenvalue weighted by molar-refractivity contribution is 6.21. The Kier molecular flexibility index (Phi) is 3.16. The maximum Gasteiger partial charge on any atom is 0.262 e. The molecule has 0 aliphatic carbocycles. The second kappa shape index (κ2) is 4.76. The highest BCUT2D eigenvalue weighted by Crippen LogP contribution is 2.32. The molecule has 3 rings (SSSR count). The molecule has 2 amide bonds. The lowest BCUT2D eigenvalue weighted by Crippen LogP contribution is -2.58. The van der Waals surface area contributed by atoms with Crippen molar-refractivity contribution in [3.8, 4) is 5.75 Å². The van der Waals surface area contributed by atoms with Crippen molar-refractivity contribution in [3.05, 3.63) is 29.1 Å². The molecule has 8 heteroatoms. The number of carbonyl (C=O) groups excluding carboxylic acids is 2. The summed E-state index contributed by atoms with van der Waals surface area (Å²) in [7, 11) is 0. The van der Waals surface area contributed by atoms with E-state index in [1.807, 2.05) is 0 Å². The number of nitrogens with zero attached hydrogens (tertiary/aromatic N) is 1. The van der Waals surface area contributed by atoms with Gasteiger partial charge in [0.15, 0.2) is 11.6 Å². The lowest BCUT2D eigenvalue weighted by molar-refractivity contribution is -0.0413. The van der Waals surface area contributed by atoms with Crippen LogP contribution in [-0.2, 0) is 0 Å². The summed E-state index contributed by atoms with van der Waals surface area (Å²) < 4.78 is 13.3. The van der Waals surface area contributed by atoms with Crippen LogP contribution in [0.5, 0.6) is 5.75 Å². The molecule has 112 valence electrons. The minimum Gasteiger partial charge on any atom is -0.505 e. The largest absolute Gasteiger partial charge is 0.505 e. The molecular weight excluding hydrogens is 283 g/mol. The normalized spacial score (nSPS) is 28.9. The number of hydrogen-bond acceptors (Lipinski definition) is 6. The average Bonchev–Trinajstić information content (AvgIpc) is 2.64. The van der Waals surface area contributed by atoms with Gasteiger partial charge in [-0.05, 0) is 25.0 Å². The van der Waals surface area contributed by atoms with E-state index < -0.39 is 41.9 Å². The van der Waals surface area contributed by atoms with Gasteiger partial charge < -0.3 is 15.3 Å². The molecule has 1 saturated heterocycles. The molecule has 2 aliphatic heterocycles. The number of imide groups is 1. The Hall–Kier alpha value is -2.03. The van der Waals surface area contributed by atoms with E-state index in [1.54, 1.807) is 0 Å². The van der Waals surface area contributed by atoms with Crippen LogP contribution in [0.15, 0.2) is 12.1 Å². The third-order valence-corrected chi connectivity index (χ3v) is 3.78. The van der Waals surface area contributed by atoms with Crippen LogP contribution in [0.4, 0.5) is 4.39 Å². The summed E-state index contributed by atoms with van der Waals surface area (Å²) >= 11 is 0. The van der Waals surface area contributed by atoms with E-state index in [2.05, 4.69) is 5.32 Å². The Balaban J connectivity index is 1.96. The first-order valence-corrected chi connectivity index (χ1v) is 6.42. The fourth-order valence-corrected chi connectivity index (χ4v) is 2.72. The van der Waals surface area contributed by atoms with Gasteiger partial charge in [0, 0.05) is 0 Å². The number of carbonyl (C=O) groups is 2. The topological polar surface area (TPSA) is 110 Å². The molecule has 3 atom stereocenters. The van der Waals surface area contributed by atoms with E-state index in [1.165, 1.54) is 0 Å². The SMILES string of the molecule is O=C1c2cc(O)c(F)cc2C(=O)N1C1CCC(O)NC1O. The van der Waals surface area contributed by atoms with Gasteiger partial charge in [0.2, 0.25) is 0 Å². The summed E-state index contributed by atoms with van der Waals surface area (Å²) in [5.41, 5.74) is -0.245. The molecule has 0 spiro atoms. The second-order valence-corrected chi connectivity index (χ2v) is 5.10. The zero-order valence-electron chi connectivity index (χ0n) is 10.8. The Bertz CT molecular complexity index is 594. The van der Waals surface area contributed by atoms with Crippen LogP contribution in [0.1, 0.15) is 33.6 Å². The van der Waals surface area contributed by atoms with Gasteiger partial charge in [0.25, 0.3) is 11.8 Å². The zero-order chi connectivity index (χ0) is 15.3. The number of phenolic OH excluding ortho intramolecular Hbond substituents is 1. The molecule has 2 aliphatic rings. The van der Waals surface area contributed by atoms with E-state index in [-0.39, 0.29) is 24.0 Å². The molecule has 0 bridgehead atoms. The predicted octanol–water partition coefficient (Wildman–Crippen LogP) is -0.484. The number of aliphatic hydroxyl groups is 2. The van der Waals surface area contributed by atoms with E-state index in [4.69, 9.17) is 0 Å². The van der Waals surface area contributed by atoms with Crippen molar-refractivity contribution in [2.45, 2.75) is 31.3 Å². The van der Waals surface area contributed by atoms with E-state index in [0.29, 0.717) is 0 Å². The number of nitrogens with one attached hydrogen (secondary N) is 1. The lowest BCUT2D eigenvalue weighted by atomic mass is 10.0. The van der Waals surface area contributed by atoms with Crippen LogP contribution >= 0.6 is 0 Å². The molecule has 7 nitrogen and oxygen atoms in total. The van der Waals surface area contributed by atoms with Crippen LogP contribution < -0.4 is 5.32 Å². The molecule has 0 saturated carbocycles. The van der Waals surface area contributed by atoms with E-state index in [9.17, 15) is 29.3 Å². The summed E-state index contributed by atoms with van der Waals surface area (Å²) in [6.07, 6.45) is -1.70. The first-order chi connectivity index (χ1) is 9.90. The van der Waals surface area contributed by atoms with Crippen LogP contribution in [-0.4, -0.2) is 50.5 Å². The van der Waals surface area contributed by atoms with Gasteiger partial charge in [-0.1, -0.05) is 0 Å². The number of amides is 2. The fourth-order valence-electron chi connectivity index (χ4n) is 2.72. The molecule has 1 fully saturated rings. The zero-order valence-corrected chi connectivity index (χ0v) is 10.8. The minimum absolute atomic E-state index is 0.0998. The average molecular weight is 296 g/mol. The van der Waals surface area contributed by atoms with E-state index >= 15 is 0 Å². The number of aliphatic hydroxyl groups excluding tert-OH is 2. The molecule has 0 radical (unpaired) electrons. The third kappa shape index (κ3) is 2.08. The molecule has 21 heavy (non-hydrogen) atoms. The van der Waals surface area contributed by atoms with Crippen LogP contribution in [0, 0.1) is 5.82 Å². The van der Waals surface area contributed by atoms with Crippen molar-refractivity contribution in [2.75, 3.05) is 0 Å². The number of fused-ring (bicyclic) bond motifs is 1. The summed E-state index contributed by atoms with van der Waals surface area (Å²) in [6, 6.07) is 0.858. The Morgan fingerprint density at radius 2 is 1.76 bits per heavy atom. The number of piperidine rings is 1. The van der Waals surface area contributed by atoms with Crippen LogP contribution in [0.3, 0.4) is 0 Å². The van der Waals surface area contributed by atoms with Crippen LogP contribution in [0.2, 0.25) is 0 Å². The van der Waals surface area contributed by atoms with Gasteiger partial charge >= 0.3 is 0 Å². The Labute approximate surface area is 118 Å². The number of benzene rings is 1. The minimum atomic E-state index is -1.27. The number of phenols is 1. The maximum atomic E-state index is 13.3. The summed E-state index contributed by atoms with van der Waals surface area (Å²) in [4.78, 5) is 25.4. The molecule has 0 aromatic heterocycles. The number of rotatable bonds is 1. The van der Waals surface area contributed by atoms with Crippen molar-refractivity contribution in [1.29, 1.82) is 0 Å². The number of hydrogen-bond donors (Lipinski definition) is 4. The third-order valence-electron chi connectivity index (χ3n) is 3.78. The van der Waals surface area contributed by atoms with E-state index in [0.717, 1.165) is 17.0 Å². The fraction of sp³-hybridized carbons (Fsp3) is 0.385. The summed E-state index contributed by atoms with van der Waals surface area (Å²) in [5.74, 6) is -3.13. The van der Waals surface area contributed by atoms with Crippen LogP contribution in [0.25, 0.3) is 0 Å². The van der Waals surface area contributed by atoms with Gasteiger partial charge in [-0.25, -0.2) is 4.39 Å². The molecule has 2 heterocycles. The Morgan fingerprint density at radius 3 is 2.38 bits per heavy atom. The molecule has 4 N–H and O–H groups in total. The predicted molar refractivity (Wildman–Crippen MR) is 66.7 cm³/mol. The molecular formula is C13H13FN2O5. The van der Waals surface area contributed by atoms with Gasteiger partial charge in [-0.15, -0.1) is 0 Å². The molecule has 1 aromatic carbocycles. The van der Waals surface area contributed by atoms with Gasteiger partial charge in [0.1, 0.15) is 12.5 Å². The first kappa shape index (κ1) is 13.9. The molecule has 3 unspecified atom stereocenters. The highest BCUT2D eigenvalue weighted by atomic mass is 19.1. The Morgan fingerprint density at radius 1 is 1.14 bits per heavy atom. The second-order valence-electron chi connectivity index (χ2n) is 5.10. The monoisotopic (exact) mass is 296 g/mol. The summed E-state index contributed by atoms with van der Waals surface area (Å²) in [5, 5.41) is 31.0. The maximum absolute atomic E-state index is 13.3. The molecule has 1 aromatic rings. The van der Waals surface area contributed by atoms with Crippen molar-refractivity contribution in [1.82, 2.24) is 10.2 Å². The quantitative estimate of drug-likeness (QED) is 0.521. The standard InChI is InChI=1S/C13H13FN2O5/c14-7-3-5-6(4-9(7)17)13(21)16(12(5)20)8-1-2-10(18)15-11(8)19/h3-4,8,10-11,15,17-19H,1-2H2. The van der Waals surface area contributed by atoms with Gasteiger partial charge in [0.05, 0.1) is 17.2 Å². The summed E-state index contributed by atoms with van der Waals surface area (Å²) in [6.45, 7) is 0. The van der Waals surface area contributed by atoms with Crippen molar-refractivity contribution in [3.63, 3.8) is 0 Å². The van der Waals surface area contributed by atoms with Crippen molar-refractivity contribution in [2.24, 2.45) is 0 Å². The number of halogens is 1. The van der Waals surface area contributed by atoms with Crippen molar-refractivity contribution < 1.29 is 29.3 Å². The first-order valence-electron chi connectivity index (χ1n) is 6.42. The van der Waals surface area contributed by atoms with Gasteiger partial charge in [-0.3, -0.25) is 19.8 Å². The number of aromatic hydroxyl groups is 1. The lowest BCUT2D eigenvalue weighted by Gasteiger charge is -2.36.